The maximum Gasteiger partial charge on any atom is 0.161 e. The topological polar surface area (TPSA) is 62.8 Å². The first kappa shape index (κ1) is 11.6. The highest BCUT2D eigenvalue weighted by Gasteiger charge is 2.31. The van der Waals surface area contributed by atoms with Crippen LogP contribution in [0.4, 0.5) is 8.78 Å². The molecule has 0 spiro atoms. The first-order valence-corrected chi connectivity index (χ1v) is 7.32. The van der Waals surface area contributed by atoms with Gasteiger partial charge in [0, 0.05) is 18.1 Å². The van der Waals surface area contributed by atoms with Crippen LogP contribution in [0.2, 0.25) is 0 Å². The number of hydrogen-bond acceptors (Lipinski definition) is 3. The van der Waals surface area contributed by atoms with Crippen molar-refractivity contribution in [3.8, 4) is 0 Å². The summed E-state index contributed by atoms with van der Waals surface area (Å²) in [6.07, 6.45) is 0.493. The Bertz CT molecular complexity index is 685. The highest BCUT2D eigenvalue weighted by molar-refractivity contribution is 7.91. The number of hydrogen-bond donors (Lipinski definition) is 1. The number of fused-ring (bicyclic) bond motifs is 1. The van der Waals surface area contributed by atoms with E-state index in [4.69, 9.17) is 0 Å². The second-order valence-electron chi connectivity index (χ2n) is 4.51. The predicted molar refractivity (Wildman–Crippen MR) is 62.0 cm³/mol. The van der Waals surface area contributed by atoms with E-state index < -0.39 is 21.5 Å². The van der Waals surface area contributed by atoms with E-state index in [2.05, 4.69) is 9.97 Å². The van der Waals surface area contributed by atoms with Gasteiger partial charge in [-0.05, 0) is 6.42 Å². The lowest BCUT2D eigenvalue weighted by molar-refractivity contribution is 0.510. The molecule has 1 unspecified atom stereocenters. The Morgan fingerprint density at radius 2 is 2.00 bits per heavy atom. The lowest BCUT2D eigenvalue weighted by Crippen LogP contribution is -2.04. The van der Waals surface area contributed by atoms with Crippen LogP contribution in [0.1, 0.15) is 18.2 Å². The molecule has 2 aromatic rings. The highest BCUT2D eigenvalue weighted by atomic mass is 32.2. The number of aromatic amines is 1. The fraction of sp³-hybridized carbons (Fsp3) is 0.364. The Kier molecular flexibility index (Phi) is 2.41. The summed E-state index contributed by atoms with van der Waals surface area (Å²) in [6, 6.07) is 2.04. The number of H-pyrrole nitrogens is 1. The number of sulfone groups is 1. The smallest absolute Gasteiger partial charge is 0.161 e. The largest absolute Gasteiger partial charge is 0.342 e. The van der Waals surface area contributed by atoms with E-state index >= 15 is 0 Å². The third-order valence-electron chi connectivity index (χ3n) is 3.16. The van der Waals surface area contributed by atoms with Gasteiger partial charge in [0.2, 0.25) is 0 Å². The minimum absolute atomic E-state index is 0.0395. The number of benzene rings is 1. The zero-order chi connectivity index (χ0) is 12.9. The van der Waals surface area contributed by atoms with Gasteiger partial charge in [0.1, 0.15) is 5.82 Å². The Morgan fingerprint density at radius 3 is 2.67 bits per heavy atom. The van der Waals surface area contributed by atoms with Gasteiger partial charge in [0.05, 0.1) is 22.5 Å². The summed E-state index contributed by atoms with van der Waals surface area (Å²) >= 11 is 0. The van der Waals surface area contributed by atoms with Crippen LogP contribution in [0.5, 0.6) is 0 Å². The number of aromatic nitrogens is 2. The maximum atomic E-state index is 13.0. The molecule has 1 aliphatic heterocycles. The summed E-state index contributed by atoms with van der Waals surface area (Å²) in [5.74, 6) is -1.46. The van der Waals surface area contributed by atoms with Crippen molar-refractivity contribution in [2.75, 3.05) is 11.5 Å². The van der Waals surface area contributed by atoms with Crippen molar-refractivity contribution in [1.29, 1.82) is 0 Å². The predicted octanol–water partition coefficient (Wildman–Crippen LogP) is 1.74. The molecule has 96 valence electrons. The monoisotopic (exact) mass is 272 g/mol. The molecule has 0 amide bonds. The molecule has 1 aliphatic rings. The average molecular weight is 272 g/mol. The van der Waals surface area contributed by atoms with E-state index in [0.29, 0.717) is 23.3 Å². The fourth-order valence-electron chi connectivity index (χ4n) is 2.23. The van der Waals surface area contributed by atoms with Crippen LogP contribution in [0, 0.1) is 11.6 Å². The Morgan fingerprint density at radius 1 is 1.28 bits per heavy atom. The number of nitrogens with zero attached hydrogens (tertiary/aromatic N) is 1. The summed E-state index contributed by atoms with van der Waals surface area (Å²) < 4.78 is 48.8. The molecule has 0 bridgehead atoms. The molecule has 0 aliphatic carbocycles. The van der Waals surface area contributed by atoms with Crippen LogP contribution >= 0.6 is 0 Å². The highest BCUT2D eigenvalue weighted by Crippen LogP contribution is 2.28. The van der Waals surface area contributed by atoms with Crippen molar-refractivity contribution >= 4 is 20.9 Å². The number of nitrogens with one attached hydrogen (secondary N) is 1. The summed E-state index contributed by atoms with van der Waals surface area (Å²) in [5, 5.41) is 0. The molecule has 1 fully saturated rings. The molecule has 1 N–H and O–H groups in total. The Labute approximate surface area is 102 Å². The van der Waals surface area contributed by atoms with Crippen LogP contribution in [-0.2, 0) is 9.84 Å². The Balaban J connectivity index is 2.04. The van der Waals surface area contributed by atoms with Crippen molar-refractivity contribution in [2.24, 2.45) is 0 Å². The number of imidazole rings is 1. The molecular weight excluding hydrogens is 262 g/mol. The first-order valence-electron chi connectivity index (χ1n) is 5.50. The normalized spacial score (nSPS) is 22.7. The zero-order valence-electron chi connectivity index (χ0n) is 9.28. The van der Waals surface area contributed by atoms with Gasteiger partial charge in [0.25, 0.3) is 0 Å². The quantitative estimate of drug-likeness (QED) is 0.860. The summed E-state index contributed by atoms with van der Waals surface area (Å²) in [4.78, 5) is 7.00. The van der Waals surface area contributed by atoms with Crippen molar-refractivity contribution < 1.29 is 17.2 Å². The third-order valence-corrected chi connectivity index (χ3v) is 4.93. The SMILES string of the molecule is O=S1(=O)CCC(c2nc3cc(F)c(F)cc3[nH]2)C1. The standard InChI is InChI=1S/C11H10F2N2O2S/c12-7-3-9-10(4-8(7)13)15-11(14-9)6-1-2-18(16,17)5-6/h3-4,6H,1-2,5H2,(H,14,15). The van der Waals surface area contributed by atoms with Crippen LogP contribution in [0.15, 0.2) is 12.1 Å². The van der Waals surface area contributed by atoms with Crippen LogP contribution in [-0.4, -0.2) is 29.9 Å². The van der Waals surface area contributed by atoms with E-state index in [1.54, 1.807) is 0 Å². The average Bonchev–Trinajstić information content (AvgIpc) is 2.82. The van der Waals surface area contributed by atoms with Crippen molar-refractivity contribution in [2.45, 2.75) is 12.3 Å². The van der Waals surface area contributed by atoms with Gasteiger partial charge in [-0.1, -0.05) is 0 Å². The second-order valence-corrected chi connectivity index (χ2v) is 6.73. The molecule has 3 rings (SSSR count). The molecule has 4 nitrogen and oxygen atoms in total. The van der Waals surface area contributed by atoms with E-state index in [1.165, 1.54) is 0 Å². The first-order chi connectivity index (χ1) is 8.44. The van der Waals surface area contributed by atoms with Crippen molar-refractivity contribution in [3.05, 3.63) is 29.6 Å². The minimum atomic E-state index is -3.01. The minimum Gasteiger partial charge on any atom is -0.342 e. The van der Waals surface area contributed by atoms with Gasteiger partial charge < -0.3 is 4.98 Å². The summed E-state index contributed by atoms with van der Waals surface area (Å²) in [7, 11) is -3.01. The molecule has 1 aromatic heterocycles. The molecule has 1 atom stereocenters. The molecule has 0 radical (unpaired) electrons. The summed E-state index contributed by atoms with van der Waals surface area (Å²) in [5.41, 5.74) is 0.696. The summed E-state index contributed by atoms with van der Waals surface area (Å²) in [6.45, 7) is 0. The van der Waals surface area contributed by atoms with Gasteiger partial charge in [-0.2, -0.15) is 0 Å². The van der Waals surface area contributed by atoms with Crippen LogP contribution in [0.25, 0.3) is 11.0 Å². The zero-order valence-corrected chi connectivity index (χ0v) is 10.1. The molecule has 18 heavy (non-hydrogen) atoms. The lowest BCUT2D eigenvalue weighted by Gasteiger charge is -2.01. The van der Waals surface area contributed by atoms with E-state index in [-0.39, 0.29) is 17.4 Å². The molecule has 2 heterocycles. The second kappa shape index (κ2) is 3.74. The van der Waals surface area contributed by atoms with E-state index in [0.717, 1.165) is 12.1 Å². The fourth-order valence-corrected chi connectivity index (χ4v) is 3.98. The van der Waals surface area contributed by atoms with Gasteiger partial charge in [0.15, 0.2) is 21.5 Å². The van der Waals surface area contributed by atoms with Crippen molar-refractivity contribution in [3.63, 3.8) is 0 Å². The molecule has 1 aromatic carbocycles. The van der Waals surface area contributed by atoms with Crippen LogP contribution in [0.3, 0.4) is 0 Å². The van der Waals surface area contributed by atoms with E-state index in [1.807, 2.05) is 0 Å². The Hall–Kier alpha value is -1.50. The van der Waals surface area contributed by atoms with Crippen LogP contribution < -0.4 is 0 Å². The van der Waals surface area contributed by atoms with E-state index in [9.17, 15) is 17.2 Å². The lowest BCUT2D eigenvalue weighted by atomic mass is 10.1. The molecular formula is C11H10F2N2O2S. The third kappa shape index (κ3) is 1.88. The maximum absolute atomic E-state index is 13.0. The molecule has 7 heteroatoms. The van der Waals surface area contributed by atoms with Crippen molar-refractivity contribution in [1.82, 2.24) is 9.97 Å². The number of halogens is 2. The van der Waals surface area contributed by atoms with Gasteiger partial charge >= 0.3 is 0 Å². The van der Waals surface area contributed by atoms with Gasteiger partial charge in [-0.25, -0.2) is 22.2 Å². The molecule has 0 saturated carbocycles. The van der Waals surface area contributed by atoms with Gasteiger partial charge in [-0.3, -0.25) is 0 Å². The molecule has 1 saturated heterocycles. The van der Waals surface area contributed by atoms with Gasteiger partial charge in [-0.15, -0.1) is 0 Å². The number of rotatable bonds is 1.